The molecule has 1 aliphatic rings. The SMILES string of the molecule is C[C@]1(O)CC[C@@H](Nc2nc(OC(F)(F)F)c3c(-c4ccc5ncccc5c4)ccn3n2)CC1. The van der Waals surface area contributed by atoms with Crippen molar-refractivity contribution in [3.63, 3.8) is 0 Å². The number of pyridine rings is 1. The van der Waals surface area contributed by atoms with Crippen molar-refractivity contribution in [3.05, 3.63) is 48.8 Å². The molecule has 1 saturated carbocycles. The van der Waals surface area contributed by atoms with Gasteiger partial charge in [0.15, 0.2) is 0 Å². The highest BCUT2D eigenvalue weighted by molar-refractivity contribution is 5.90. The van der Waals surface area contributed by atoms with E-state index in [-0.39, 0.29) is 17.5 Å². The monoisotopic (exact) mass is 457 g/mol. The third-order valence-corrected chi connectivity index (χ3v) is 6.00. The number of fused-ring (bicyclic) bond motifs is 2. The molecule has 5 rings (SSSR count). The molecular formula is C23H22F3N5O2. The summed E-state index contributed by atoms with van der Waals surface area (Å²) in [6.07, 6.45) is 0.843. The molecule has 4 aromatic rings. The molecule has 2 N–H and O–H groups in total. The number of anilines is 1. The van der Waals surface area contributed by atoms with Crippen LogP contribution in [0.25, 0.3) is 27.5 Å². The van der Waals surface area contributed by atoms with Gasteiger partial charge in [-0.25, -0.2) is 4.52 Å². The second kappa shape index (κ2) is 7.87. The van der Waals surface area contributed by atoms with Crippen molar-refractivity contribution in [1.29, 1.82) is 0 Å². The Bertz CT molecular complexity index is 1310. The van der Waals surface area contributed by atoms with E-state index >= 15 is 0 Å². The Morgan fingerprint density at radius 1 is 1.18 bits per heavy atom. The summed E-state index contributed by atoms with van der Waals surface area (Å²) < 4.78 is 45.4. The van der Waals surface area contributed by atoms with Crippen LogP contribution in [0.4, 0.5) is 19.1 Å². The van der Waals surface area contributed by atoms with E-state index in [2.05, 4.69) is 25.1 Å². The molecule has 1 aromatic carbocycles. The molecule has 0 bridgehead atoms. The topological polar surface area (TPSA) is 84.6 Å². The highest BCUT2D eigenvalue weighted by Gasteiger charge is 2.34. The number of hydrogen-bond acceptors (Lipinski definition) is 6. The normalized spacial score (nSPS) is 21.4. The zero-order chi connectivity index (χ0) is 23.2. The van der Waals surface area contributed by atoms with Gasteiger partial charge >= 0.3 is 6.36 Å². The molecule has 0 spiro atoms. The van der Waals surface area contributed by atoms with Gasteiger partial charge in [0.25, 0.3) is 5.88 Å². The van der Waals surface area contributed by atoms with Crippen molar-refractivity contribution < 1.29 is 23.0 Å². The van der Waals surface area contributed by atoms with Crippen molar-refractivity contribution in [2.75, 3.05) is 5.32 Å². The van der Waals surface area contributed by atoms with Gasteiger partial charge in [-0.15, -0.1) is 18.3 Å². The van der Waals surface area contributed by atoms with Gasteiger partial charge in [0, 0.05) is 29.4 Å². The number of nitrogens with zero attached hydrogens (tertiary/aromatic N) is 4. The molecule has 7 nitrogen and oxygen atoms in total. The minimum absolute atomic E-state index is 0.0400. The summed E-state index contributed by atoms with van der Waals surface area (Å²) in [6.45, 7) is 1.78. The van der Waals surface area contributed by atoms with E-state index in [1.807, 2.05) is 18.2 Å². The number of nitrogens with one attached hydrogen (secondary N) is 1. The number of aliphatic hydroxyl groups is 1. The quantitative estimate of drug-likeness (QED) is 0.451. The lowest BCUT2D eigenvalue weighted by Gasteiger charge is -2.33. The molecule has 172 valence electrons. The van der Waals surface area contributed by atoms with Crippen LogP contribution < -0.4 is 10.1 Å². The van der Waals surface area contributed by atoms with Gasteiger partial charge in [0.05, 0.1) is 11.1 Å². The molecule has 10 heteroatoms. The lowest BCUT2D eigenvalue weighted by molar-refractivity contribution is -0.275. The Hall–Kier alpha value is -3.40. The smallest absolute Gasteiger partial charge is 0.390 e. The summed E-state index contributed by atoms with van der Waals surface area (Å²) in [5.74, 6) is -0.535. The van der Waals surface area contributed by atoms with E-state index in [9.17, 15) is 18.3 Å². The fourth-order valence-electron chi connectivity index (χ4n) is 4.28. The van der Waals surface area contributed by atoms with Crippen LogP contribution in [-0.4, -0.2) is 42.7 Å². The first kappa shape index (κ1) is 21.4. The van der Waals surface area contributed by atoms with E-state index in [0.29, 0.717) is 36.8 Å². The standard InChI is InChI=1S/C23H22F3N5O2/c1-22(32)9-6-16(7-10-22)28-21-29-20(33-23(24,25)26)19-17(8-12-31(19)30-21)14-4-5-18-15(13-14)3-2-11-27-18/h2-5,8,11-13,16,32H,6-7,9-10H2,1H3,(H,28,30)/t16-,22+. The minimum Gasteiger partial charge on any atom is -0.390 e. The fourth-order valence-corrected chi connectivity index (χ4v) is 4.28. The third-order valence-electron chi connectivity index (χ3n) is 6.00. The lowest BCUT2D eigenvalue weighted by atomic mass is 9.84. The van der Waals surface area contributed by atoms with E-state index in [1.54, 1.807) is 37.5 Å². The highest BCUT2D eigenvalue weighted by atomic mass is 19.4. The summed E-state index contributed by atoms with van der Waals surface area (Å²) in [6, 6.07) is 10.8. The second-order valence-electron chi connectivity index (χ2n) is 8.64. The molecule has 3 aromatic heterocycles. The van der Waals surface area contributed by atoms with E-state index in [1.165, 1.54) is 4.52 Å². The number of rotatable bonds is 4. The Balaban J connectivity index is 1.55. The average Bonchev–Trinajstić information content (AvgIpc) is 3.18. The first-order chi connectivity index (χ1) is 15.7. The van der Waals surface area contributed by atoms with Gasteiger partial charge in [-0.3, -0.25) is 4.98 Å². The number of benzene rings is 1. The minimum atomic E-state index is -4.91. The van der Waals surface area contributed by atoms with Crippen LogP contribution in [0, 0.1) is 0 Å². The average molecular weight is 457 g/mol. The number of halogens is 3. The van der Waals surface area contributed by atoms with Crippen molar-refractivity contribution >= 4 is 22.4 Å². The van der Waals surface area contributed by atoms with Crippen LogP contribution in [0.1, 0.15) is 32.6 Å². The molecule has 0 aliphatic heterocycles. The molecule has 1 fully saturated rings. The first-order valence-electron chi connectivity index (χ1n) is 10.7. The van der Waals surface area contributed by atoms with Crippen LogP contribution in [0.5, 0.6) is 5.88 Å². The lowest BCUT2D eigenvalue weighted by Crippen LogP contribution is -2.36. The first-order valence-corrected chi connectivity index (χ1v) is 10.7. The van der Waals surface area contributed by atoms with Gasteiger partial charge < -0.3 is 15.2 Å². The van der Waals surface area contributed by atoms with Crippen LogP contribution in [-0.2, 0) is 0 Å². The second-order valence-corrected chi connectivity index (χ2v) is 8.64. The van der Waals surface area contributed by atoms with Crippen LogP contribution in [0.3, 0.4) is 0 Å². The molecule has 3 heterocycles. The van der Waals surface area contributed by atoms with Crippen molar-refractivity contribution in [1.82, 2.24) is 19.6 Å². The molecule has 0 amide bonds. The Labute approximate surface area is 187 Å². The largest absolute Gasteiger partial charge is 0.574 e. The summed E-state index contributed by atoms with van der Waals surface area (Å²) in [4.78, 5) is 8.36. The third kappa shape index (κ3) is 4.56. The van der Waals surface area contributed by atoms with Crippen LogP contribution in [0.2, 0.25) is 0 Å². The highest BCUT2D eigenvalue weighted by Crippen LogP contribution is 2.36. The maximum absolute atomic E-state index is 13.2. The summed E-state index contributed by atoms with van der Waals surface area (Å²) in [5.41, 5.74) is 1.39. The van der Waals surface area contributed by atoms with Gasteiger partial charge in [-0.1, -0.05) is 12.1 Å². The molecule has 0 atom stereocenters. The zero-order valence-corrected chi connectivity index (χ0v) is 17.8. The number of ether oxygens (including phenoxy) is 1. The van der Waals surface area contributed by atoms with Crippen LogP contribution in [0.15, 0.2) is 48.8 Å². The number of aromatic nitrogens is 4. The maximum atomic E-state index is 13.2. The molecule has 0 radical (unpaired) electrons. The van der Waals surface area contributed by atoms with Crippen molar-refractivity contribution in [3.8, 4) is 17.0 Å². The summed E-state index contributed by atoms with van der Waals surface area (Å²) in [7, 11) is 0. The summed E-state index contributed by atoms with van der Waals surface area (Å²) in [5, 5.41) is 18.5. The van der Waals surface area contributed by atoms with Crippen molar-refractivity contribution in [2.45, 2.75) is 50.6 Å². The van der Waals surface area contributed by atoms with Crippen LogP contribution >= 0.6 is 0 Å². The Kier molecular flexibility index (Phi) is 5.12. The van der Waals surface area contributed by atoms with Gasteiger partial charge in [0.2, 0.25) is 5.95 Å². The number of hydrogen-bond donors (Lipinski definition) is 2. The fraction of sp³-hybridized carbons (Fsp3) is 0.348. The molecule has 0 unspecified atom stereocenters. The predicted molar refractivity (Wildman–Crippen MR) is 117 cm³/mol. The van der Waals surface area contributed by atoms with E-state index in [4.69, 9.17) is 0 Å². The van der Waals surface area contributed by atoms with Gasteiger partial charge in [-0.2, -0.15) is 4.98 Å². The Morgan fingerprint density at radius 2 is 1.97 bits per heavy atom. The molecule has 33 heavy (non-hydrogen) atoms. The van der Waals surface area contributed by atoms with Crippen molar-refractivity contribution in [2.24, 2.45) is 0 Å². The van der Waals surface area contributed by atoms with E-state index in [0.717, 1.165) is 10.9 Å². The Morgan fingerprint density at radius 3 is 2.73 bits per heavy atom. The summed E-state index contributed by atoms with van der Waals surface area (Å²) >= 11 is 0. The molecular weight excluding hydrogens is 435 g/mol. The zero-order valence-electron chi connectivity index (χ0n) is 17.8. The number of alkyl halides is 3. The molecule has 1 aliphatic carbocycles. The van der Waals surface area contributed by atoms with Gasteiger partial charge in [0.1, 0.15) is 5.52 Å². The molecule has 0 saturated heterocycles. The predicted octanol–water partition coefficient (Wildman–Crippen LogP) is 4.95. The van der Waals surface area contributed by atoms with Gasteiger partial charge in [-0.05, 0) is 62.4 Å². The maximum Gasteiger partial charge on any atom is 0.574 e. The van der Waals surface area contributed by atoms with E-state index < -0.39 is 17.8 Å².